The van der Waals surface area contributed by atoms with Gasteiger partial charge >= 0.3 is 0 Å². The Morgan fingerprint density at radius 1 is 1.22 bits per heavy atom. The van der Waals surface area contributed by atoms with Crippen LogP contribution in [0.1, 0.15) is 44.5 Å². The van der Waals surface area contributed by atoms with Gasteiger partial charge in [0.2, 0.25) is 0 Å². The van der Waals surface area contributed by atoms with Gasteiger partial charge in [0.15, 0.2) is 5.78 Å². The number of rotatable bonds is 7. The van der Waals surface area contributed by atoms with Crippen LogP contribution in [-0.2, 0) is 4.74 Å². The van der Waals surface area contributed by atoms with Crippen molar-refractivity contribution in [3.8, 4) is 0 Å². The van der Waals surface area contributed by atoms with Crippen molar-refractivity contribution < 1.29 is 9.53 Å². The number of carbonyl (C=O) groups is 1. The zero-order valence-corrected chi connectivity index (χ0v) is 11.7. The van der Waals surface area contributed by atoms with Gasteiger partial charge < -0.3 is 10.1 Å². The second kappa shape index (κ2) is 6.55. The molecule has 1 N–H and O–H groups in total. The lowest BCUT2D eigenvalue weighted by Gasteiger charge is -2.25. The molecular formula is C15H23NO2. The minimum absolute atomic E-state index is 0.177. The molecule has 0 spiro atoms. The second-order valence-corrected chi connectivity index (χ2v) is 4.90. The van der Waals surface area contributed by atoms with E-state index in [-0.39, 0.29) is 11.4 Å². The first kappa shape index (κ1) is 14.7. The number of hydrogen-bond acceptors (Lipinski definition) is 3. The highest BCUT2D eigenvalue weighted by atomic mass is 16.5. The van der Waals surface area contributed by atoms with Crippen LogP contribution >= 0.6 is 0 Å². The van der Waals surface area contributed by atoms with Gasteiger partial charge in [-0.05, 0) is 45.0 Å². The largest absolute Gasteiger partial charge is 0.382 e. The lowest BCUT2D eigenvalue weighted by molar-refractivity contribution is 0.000695. The van der Waals surface area contributed by atoms with E-state index in [1.807, 2.05) is 38.1 Å². The molecular weight excluding hydrogens is 226 g/mol. The number of hydrogen-bond donors (Lipinski definition) is 1. The number of carbonyl (C=O) groups excluding carboxylic acids is 1. The van der Waals surface area contributed by atoms with Crippen LogP contribution < -0.4 is 5.32 Å². The minimum Gasteiger partial charge on any atom is -0.382 e. The molecule has 3 nitrogen and oxygen atoms in total. The van der Waals surface area contributed by atoms with Crippen molar-refractivity contribution in [3.05, 3.63) is 29.8 Å². The molecule has 0 aliphatic rings. The van der Waals surface area contributed by atoms with E-state index in [0.717, 1.165) is 17.8 Å². The molecule has 0 atom stereocenters. The number of ketones is 1. The standard InChI is InChI=1S/C15H23NO2/c1-5-14(17)12-7-9-13(10-8-12)16-11-15(3,4)18-6-2/h7-10,16H,5-6,11H2,1-4H3. The number of Topliss-reactive ketones (excluding diaryl/α,β-unsaturated/α-hetero) is 1. The van der Waals surface area contributed by atoms with Crippen LogP contribution in [0.4, 0.5) is 5.69 Å². The van der Waals surface area contributed by atoms with Crippen LogP contribution in [0.15, 0.2) is 24.3 Å². The van der Waals surface area contributed by atoms with Gasteiger partial charge in [0.1, 0.15) is 0 Å². The highest BCUT2D eigenvalue weighted by Gasteiger charge is 2.16. The second-order valence-electron chi connectivity index (χ2n) is 4.90. The maximum absolute atomic E-state index is 11.5. The zero-order chi connectivity index (χ0) is 13.6. The number of ether oxygens (including phenoxy) is 1. The van der Waals surface area contributed by atoms with E-state index < -0.39 is 0 Å². The molecule has 0 amide bonds. The fraction of sp³-hybridized carbons (Fsp3) is 0.533. The average molecular weight is 249 g/mol. The van der Waals surface area contributed by atoms with E-state index in [1.54, 1.807) is 0 Å². The van der Waals surface area contributed by atoms with Crippen molar-refractivity contribution in [2.45, 2.75) is 39.7 Å². The summed E-state index contributed by atoms with van der Waals surface area (Å²) in [7, 11) is 0. The molecule has 0 aromatic heterocycles. The van der Waals surface area contributed by atoms with Crippen molar-refractivity contribution in [2.75, 3.05) is 18.5 Å². The van der Waals surface area contributed by atoms with Crippen LogP contribution in [0.3, 0.4) is 0 Å². The fourth-order valence-corrected chi connectivity index (χ4v) is 1.73. The lowest BCUT2D eigenvalue weighted by Crippen LogP contribution is -2.33. The molecule has 0 fully saturated rings. The predicted octanol–water partition coefficient (Wildman–Crippen LogP) is 3.51. The Hall–Kier alpha value is -1.35. The van der Waals surface area contributed by atoms with Crippen LogP contribution in [0.5, 0.6) is 0 Å². The van der Waals surface area contributed by atoms with Gasteiger partial charge in [0.25, 0.3) is 0 Å². The molecule has 0 heterocycles. The van der Waals surface area contributed by atoms with E-state index in [0.29, 0.717) is 13.0 Å². The zero-order valence-electron chi connectivity index (χ0n) is 11.7. The Bertz CT molecular complexity index is 382. The topological polar surface area (TPSA) is 38.3 Å². The Morgan fingerprint density at radius 2 is 1.83 bits per heavy atom. The third-order valence-corrected chi connectivity index (χ3v) is 2.78. The first-order valence-corrected chi connectivity index (χ1v) is 6.49. The van der Waals surface area contributed by atoms with Crippen LogP contribution in [0.2, 0.25) is 0 Å². The van der Waals surface area contributed by atoms with Crippen molar-refractivity contribution >= 4 is 11.5 Å². The summed E-state index contributed by atoms with van der Waals surface area (Å²) in [6.45, 7) is 9.42. The quantitative estimate of drug-likeness (QED) is 0.751. The number of benzene rings is 1. The third-order valence-electron chi connectivity index (χ3n) is 2.78. The van der Waals surface area contributed by atoms with Gasteiger partial charge in [0, 0.05) is 30.8 Å². The van der Waals surface area contributed by atoms with Crippen LogP contribution in [0, 0.1) is 0 Å². The van der Waals surface area contributed by atoms with Crippen molar-refractivity contribution in [1.29, 1.82) is 0 Å². The highest BCUT2D eigenvalue weighted by molar-refractivity contribution is 5.96. The summed E-state index contributed by atoms with van der Waals surface area (Å²) in [5.41, 5.74) is 1.59. The van der Waals surface area contributed by atoms with E-state index in [2.05, 4.69) is 19.2 Å². The fourth-order valence-electron chi connectivity index (χ4n) is 1.73. The monoisotopic (exact) mass is 249 g/mol. The van der Waals surface area contributed by atoms with Crippen molar-refractivity contribution in [2.24, 2.45) is 0 Å². The Morgan fingerprint density at radius 3 is 2.33 bits per heavy atom. The lowest BCUT2D eigenvalue weighted by atomic mass is 10.1. The van der Waals surface area contributed by atoms with Gasteiger partial charge in [0.05, 0.1) is 5.60 Å². The number of nitrogens with one attached hydrogen (secondary N) is 1. The molecule has 0 aliphatic carbocycles. The summed E-state index contributed by atoms with van der Waals surface area (Å²) >= 11 is 0. The van der Waals surface area contributed by atoms with Gasteiger partial charge in [-0.3, -0.25) is 4.79 Å². The molecule has 0 bridgehead atoms. The van der Waals surface area contributed by atoms with Crippen molar-refractivity contribution in [1.82, 2.24) is 0 Å². The summed E-state index contributed by atoms with van der Waals surface area (Å²) in [5, 5.41) is 3.32. The molecule has 0 saturated heterocycles. The maximum Gasteiger partial charge on any atom is 0.162 e. The molecule has 0 aliphatic heterocycles. The normalized spacial score (nSPS) is 11.3. The minimum atomic E-state index is -0.188. The number of anilines is 1. The molecule has 0 unspecified atom stereocenters. The molecule has 100 valence electrons. The predicted molar refractivity (Wildman–Crippen MR) is 75.3 cm³/mol. The Labute approximate surface area is 110 Å². The van der Waals surface area contributed by atoms with Crippen LogP contribution in [-0.4, -0.2) is 24.5 Å². The molecule has 0 radical (unpaired) electrons. The molecule has 0 saturated carbocycles. The van der Waals surface area contributed by atoms with Gasteiger partial charge in [-0.25, -0.2) is 0 Å². The molecule has 3 heteroatoms. The SMILES string of the molecule is CCOC(C)(C)CNc1ccc(C(=O)CC)cc1. The molecule has 1 aromatic carbocycles. The van der Waals surface area contributed by atoms with E-state index in [9.17, 15) is 4.79 Å². The summed E-state index contributed by atoms with van der Waals surface area (Å²) in [4.78, 5) is 11.5. The van der Waals surface area contributed by atoms with Gasteiger partial charge in [-0.1, -0.05) is 6.92 Å². The molecule has 1 rings (SSSR count). The van der Waals surface area contributed by atoms with E-state index in [4.69, 9.17) is 4.74 Å². The highest BCUT2D eigenvalue weighted by Crippen LogP contribution is 2.14. The maximum atomic E-state index is 11.5. The van der Waals surface area contributed by atoms with Crippen LogP contribution in [0.25, 0.3) is 0 Å². The first-order chi connectivity index (χ1) is 8.48. The van der Waals surface area contributed by atoms with E-state index >= 15 is 0 Å². The molecule has 1 aromatic rings. The van der Waals surface area contributed by atoms with Crippen molar-refractivity contribution in [3.63, 3.8) is 0 Å². The smallest absolute Gasteiger partial charge is 0.162 e. The van der Waals surface area contributed by atoms with Gasteiger partial charge in [-0.2, -0.15) is 0 Å². The molecule has 18 heavy (non-hydrogen) atoms. The summed E-state index contributed by atoms with van der Waals surface area (Å²) < 4.78 is 5.61. The first-order valence-electron chi connectivity index (χ1n) is 6.49. The summed E-state index contributed by atoms with van der Waals surface area (Å²) in [6.07, 6.45) is 0.546. The Kier molecular flexibility index (Phi) is 5.35. The summed E-state index contributed by atoms with van der Waals surface area (Å²) in [5.74, 6) is 0.177. The Balaban J connectivity index is 2.56. The third kappa shape index (κ3) is 4.49. The summed E-state index contributed by atoms with van der Waals surface area (Å²) in [6, 6.07) is 7.60. The van der Waals surface area contributed by atoms with Gasteiger partial charge in [-0.15, -0.1) is 0 Å². The average Bonchev–Trinajstić information content (AvgIpc) is 2.36. The van der Waals surface area contributed by atoms with E-state index in [1.165, 1.54) is 0 Å².